The van der Waals surface area contributed by atoms with Gasteiger partial charge < -0.3 is 48.5 Å². The van der Waals surface area contributed by atoms with Crippen LogP contribution in [-0.4, -0.2) is 146 Å². The SMILES string of the molecule is CCn1c(-c2cc(C3CN(C)C3)cnc2[C@H](C)OC)c(CC(C)(C)COC(C)=O)c2cc(N3CCO[C@@H]([C@H]([C@H](NC(=O)OC(C)(C)C)C(=O)O)N4CC5(COC5)C4)C3)ccc21. The maximum absolute atomic E-state index is 13.1. The fourth-order valence-corrected chi connectivity index (χ4v) is 9.60. The number of aromatic nitrogens is 2. The van der Waals surface area contributed by atoms with Crippen molar-refractivity contribution >= 4 is 34.6 Å². The second-order valence-electron chi connectivity index (χ2n) is 19.6. The number of ether oxygens (including phenoxy) is 5. The second-order valence-corrected chi connectivity index (χ2v) is 19.6. The number of morpholine rings is 1. The summed E-state index contributed by atoms with van der Waals surface area (Å²) in [7, 11) is 3.85. The van der Waals surface area contributed by atoms with E-state index in [1.54, 1.807) is 27.9 Å². The molecule has 61 heavy (non-hydrogen) atoms. The highest BCUT2D eigenvalue weighted by Crippen LogP contribution is 2.44. The largest absolute Gasteiger partial charge is 0.480 e. The molecule has 15 heteroatoms. The Hall–Kier alpha value is -4.28. The zero-order valence-electron chi connectivity index (χ0n) is 37.7. The van der Waals surface area contributed by atoms with Crippen LogP contribution in [0.3, 0.4) is 0 Å². The summed E-state index contributed by atoms with van der Waals surface area (Å²) in [5.41, 5.74) is 6.16. The van der Waals surface area contributed by atoms with Crippen LogP contribution in [0.15, 0.2) is 30.5 Å². The number of carbonyl (C=O) groups excluding carboxylic acids is 2. The van der Waals surface area contributed by atoms with Gasteiger partial charge in [0.2, 0.25) is 0 Å². The van der Waals surface area contributed by atoms with Crippen LogP contribution in [0.1, 0.15) is 84.2 Å². The van der Waals surface area contributed by atoms with Crippen molar-refractivity contribution < 1.29 is 43.2 Å². The molecular formula is C46H66N6O9. The number of benzene rings is 1. The molecule has 3 aromatic rings. The molecule has 0 saturated carbocycles. The minimum atomic E-state index is -1.28. The third kappa shape index (κ3) is 9.56. The molecule has 1 spiro atoms. The van der Waals surface area contributed by atoms with E-state index in [2.05, 4.69) is 76.7 Å². The lowest BCUT2D eigenvalue weighted by Gasteiger charge is -2.59. The Morgan fingerprint density at radius 3 is 2.39 bits per heavy atom. The minimum absolute atomic E-state index is 0.000564. The van der Waals surface area contributed by atoms with Crippen molar-refractivity contribution in [3.8, 4) is 11.3 Å². The Balaban J connectivity index is 1.30. The minimum Gasteiger partial charge on any atom is -0.480 e. The topological polar surface area (TPSA) is 157 Å². The second kappa shape index (κ2) is 17.5. The van der Waals surface area contributed by atoms with Crippen LogP contribution in [0, 0.1) is 10.8 Å². The van der Waals surface area contributed by atoms with E-state index in [1.807, 2.05) is 13.1 Å². The average molecular weight is 847 g/mol. The van der Waals surface area contributed by atoms with Crippen molar-refractivity contribution in [3.05, 3.63) is 47.3 Å². The summed E-state index contributed by atoms with van der Waals surface area (Å²) in [6.45, 7) is 22.0. The molecule has 7 rings (SSSR count). The van der Waals surface area contributed by atoms with Crippen LogP contribution >= 0.6 is 0 Å². The lowest BCUT2D eigenvalue weighted by molar-refractivity contribution is -0.212. The quantitative estimate of drug-likeness (QED) is 0.186. The van der Waals surface area contributed by atoms with E-state index in [-0.39, 0.29) is 24.1 Å². The summed E-state index contributed by atoms with van der Waals surface area (Å²) >= 11 is 0. The van der Waals surface area contributed by atoms with Crippen molar-refractivity contribution in [2.75, 3.05) is 84.8 Å². The molecule has 2 N–H and O–H groups in total. The van der Waals surface area contributed by atoms with E-state index in [0.29, 0.717) is 64.9 Å². The summed E-state index contributed by atoms with van der Waals surface area (Å²) in [4.78, 5) is 50.0. The van der Waals surface area contributed by atoms with Crippen LogP contribution in [0.2, 0.25) is 0 Å². The number of alkyl carbamates (subject to hydrolysis) is 1. The Bertz CT molecular complexity index is 2090. The fourth-order valence-electron chi connectivity index (χ4n) is 9.60. The summed E-state index contributed by atoms with van der Waals surface area (Å²) < 4.78 is 31.5. The number of nitrogens with one attached hydrogen (secondary N) is 1. The van der Waals surface area contributed by atoms with Crippen LogP contribution in [0.25, 0.3) is 22.2 Å². The lowest BCUT2D eigenvalue weighted by Crippen LogP contribution is -2.74. The Labute approximate surface area is 360 Å². The first kappa shape index (κ1) is 44.8. The normalized spacial score (nSPS) is 21.3. The number of rotatable bonds is 15. The van der Waals surface area contributed by atoms with Crippen LogP contribution in [0.5, 0.6) is 0 Å². The van der Waals surface area contributed by atoms with Gasteiger partial charge in [-0.3, -0.25) is 14.7 Å². The summed E-state index contributed by atoms with van der Waals surface area (Å²) in [5.74, 6) is -1.07. The van der Waals surface area contributed by atoms with Crippen LogP contribution < -0.4 is 10.2 Å². The number of aryl methyl sites for hydroxylation is 1. The number of likely N-dealkylation sites (tertiary alicyclic amines) is 2. The summed E-state index contributed by atoms with van der Waals surface area (Å²) in [6, 6.07) is 6.94. The number of aliphatic carboxylic acids is 1. The van der Waals surface area contributed by atoms with Gasteiger partial charge in [-0.05, 0) is 83.5 Å². The molecule has 1 amide bonds. The molecular weight excluding hydrogens is 781 g/mol. The monoisotopic (exact) mass is 846 g/mol. The maximum atomic E-state index is 13.1. The zero-order chi connectivity index (χ0) is 44.0. The number of pyridine rings is 1. The van der Waals surface area contributed by atoms with Crippen LogP contribution in [-0.2, 0) is 46.2 Å². The summed E-state index contributed by atoms with van der Waals surface area (Å²) in [5, 5.41) is 14.4. The highest BCUT2D eigenvalue weighted by atomic mass is 16.6. The van der Waals surface area contributed by atoms with E-state index < -0.39 is 41.3 Å². The molecule has 6 heterocycles. The molecule has 4 aliphatic heterocycles. The molecule has 15 nitrogen and oxygen atoms in total. The van der Waals surface area contributed by atoms with Crippen molar-refractivity contribution in [1.29, 1.82) is 0 Å². The van der Waals surface area contributed by atoms with Crippen molar-refractivity contribution in [3.63, 3.8) is 0 Å². The van der Waals surface area contributed by atoms with E-state index in [0.717, 1.165) is 52.2 Å². The summed E-state index contributed by atoms with van der Waals surface area (Å²) in [6.07, 6.45) is 1.03. The zero-order valence-corrected chi connectivity index (χ0v) is 37.7. The number of esters is 1. The molecule has 0 bridgehead atoms. The van der Waals surface area contributed by atoms with E-state index in [4.69, 9.17) is 28.7 Å². The molecule has 0 radical (unpaired) electrons. The highest BCUT2D eigenvalue weighted by Gasteiger charge is 2.55. The molecule has 2 aromatic heterocycles. The molecule has 4 aliphatic rings. The fraction of sp³-hybridized carbons (Fsp3) is 0.652. The first-order valence-electron chi connectivity index (χ1n) is 21.7. The number of fused-ring (bicyclic) bond motifs is 1. The van der Waals surface area contributed by atoms with E-state index in [9.17, 15) is 19.5 Å². The van der Waals surface area contributed by atoms with Gasteiger partial charge in [-0.2, -0.15) is 0 Å². The number of methoxy groups -OCH3 is 1. The molecule has 4 atom stereocenters. The molecule has 334 valence electrons. The van der Waals surface area contributed by atoms with Crippen molar-refractivity contribution in [2.24, 2.45) is 10.8 Å². The molecule has 4 saturated heterocycles. The van der Waals surface area contributed by atoms with Gasteiger partial charge >= 0.3 is 18.0 Å². The number of nitrogens with zero attached hydrogens (tertiary/aromatic N) is 5. The molecule has 1 aromatic carbocycles. The Kier molecular flexibility index (Phi) is 12.8. The number of carbonyl (C=O) groups is 3. The number of amides is 1. The van der Waals surface area contributed by atoms with Crippen LogP contribution in [0.4, 0.5) is 10.5 Å². The van der Waals surface area contributed by atoms with Gasteiger partial charge in [0.25, 0.3) is 0 Å². The van der Waals surface area contributed by atoms with Gasteiger partial charge in [0.15, 0.2) is 0 Å². The number of carboxylic acid groups (broad SMARTS) is 1. The van der Waals surface area contributed by atoms with Gasteiger partial charge in [0.05, 0.1) is 56.1 Å². The number of anilines is 1. The number of likely N-dealkylation sites (N-methyl/N-ethyl adjacent to an activating group) is 1. The van der Waals surface area contributed by atoms with Gasteiger partial charge in [-0.25, -0.2) is 9.59 Å². The number of hydrogen-bond donors (Lipinski definition) is 2. The predicted molar refractivity (Wildman–Crippen MR) is 232 cm³/mol. The van der Waals surface area contributed by atoms with Gasteiger partial charge in [-0.1, -0.05) is 13.8 Å². The smallest absolute Gasteiger partial charge is 0.408 e. The predicted octanol–water partition coefficient (Wildman–Crippen LogP) is 5.48. The van der Waals surface area contributed by atoms with Gasteiger partial charge in [0.1, 0.15) is 11.6 Å². The molecule has 0 aliphatic carbocycles. The molecule has 4 fully saturated rings. The number of hydrogen-bond acceptors (Lipinski definition) is 12. The Morgan fingerprint density at radius 2 is 1.80 bits per heavy atom. The molecule has 0 unspecified atom stereocenters. The first-order chi connectivity index (χ1) is 28.8. The highest BCUT2D eigenvalue weighted by molar-refractivity contribution is 5.95. The van der Waals surface area contributed by atoms with Gasteiger partial charge in [-0.15, -0.1) is 0 Å². The first-order valence-corrected chi connectivity index (χ1v) is 21.7. The third-order valence-corrected chi connectivity index (χ3v) is 12.7. The van der Waals surface area contributed by atoms with Gasteiger partial charge in [0, 0.05) is 105 Å². The van der Waals surface area contributed by atoms with Crippen molar-refractivity contribution in [2.45, 2.75) is 104 Å². The number of carboxylic acids is 1. The average Bonchev–Trinajstić information content (AvgIpc) is 3.45. The lowest BCUT2D eigenvalue weighted by atomic mass is 9.75. The van der Waals surface area contributed by atoms with E-state index in [1.165, 1.54) is 12.5 Å². The maximum Gasteiger partial charge on any atom is 0.408 e. The van der Waals surface area contributed by atoms with Crippen molar-refractivity contribution in [1.82, 2.24) is 24.7 Å². The third-order valence-electron chi connectivity index (χ3n) is 12.7. The standard InChI is InChI=1S/C46H66N6O9/c1-11-52-36-13-12-32(50-14-15-59-37(22-50)41(51-23-46(24-51)26-58-27-46)39(42(54)55)48-43(56)61-44(4,5)6)17-33(36)35(18-45(7,8)25-60-29(3)53)40(52)34-16-30(31-20-49(9)21-31)19-47-38(34)28(2)57-10/h12-13,16-17,19,28,31,37,39,41H,11,14-15,18,20-27H2,1-10H3,(H,48,56)(H,54,55)/t28-,37+,39-,41+/m0/s1. The van der Waals surface area contributed by atoms with E-state index >= 15 is 0 Å². The Morgan fingerprint density at radius 1 is 1.08 bits per heavy atom.